The van der Waals surface area contributed by atoms with Crippen LogP contribution in [0.3, 0.4) is 0 Å². The molecule has 2 unspecified atom stereocenters. The van der Waals surface area contributed by atoms with E-state index in [4.69, 9.17) is 5.73 Å². The van der Waals surface area contributed by atoms with Gasteiger partial charge < -0.3 is 11.1 Å². The molecule has 1 aromatic carbocycles. The van der Waals surface area contributed by atoms with E-state index in [2.05, 4.69) is 41.2 Å². The summed E-state index contributed by atoms with van der Waals surface area (Å²) < 4.78 is 1.07. The molecule has 2 atom stereocenters. The Balaban J connectivity index is 2.07. The van der Waals surface area contributed by atoms with Crippen LogP contribution < -0.4 is 11.1 Å². The topological polar surface area (TPSA) is 38.0 Å². The Kier molecular flexibility index (Phi) is 4.55. The number of hydrogen-bond acceptors (Lipinski definition) is 2. The molecule has 0 saturated heterocycles. The van der Waals surface area contributed by atoms with E-state index in [-0.39, 0.29) is 0 Å². The van der Waals surface area contributed by atoms with E-state index in [1.54, 1.807) is 0 Å². The lowest BCUT2D eigenvalue weighted by Crippen LogP contribution is -2.27. The standard InChI is InChI=1S/C15H23BrN2/c1-3-11-5-4-6-12(8-11)18-15-7-10(2)14(17)9-13(15)16/h7,9,11-12,18H,3-6,8,17H2,1-2H3. The fourth-order valence-corrected chi connectivity index (χ4v) is 3.30. The van der Waals surface area contributed by atoms with Crippen LogP contribution in [0.5, 0.6) is 0 Å². The van der Waals surface area contributed by atoms with Gasteiger partial charge in [-0.05, 0) is 59.3 Å². The number of halogens is 1. The van der Waals surface area contributed by atoms with E-state index < -0.39 is 0 Å². The molecular formula is C15H23BrN2. The SMILES string of the molecule is CCC1CCCC(Nc2cc(C)c(N)cc2Br)C1. The summed E-state index contributed by atoms with van der Waals surface area (Å²) in [6, 6.07) is 4.76. The van der Waals surface area contributed by atoms with Gasteiger partial charge in [-0.1, -0.05) is 26.2 Å². The van der Waals surface area contributed by atoms with Crippen molar-refractivity contribution in [1.29, 1.82) is 0 Å². The highest BCUT2D eigenvalue weighted by atomic mass is 79.9. The van der Waals surface area contributed by atoms with Crippen LogP contribution in [-0.2, 0) is 0 Å². The van der Waals surface area contributed by atoms with Gasteiger partial charge in [0.2, 0.25) is 0 Å². The van der Waals surface area contributed by atoms with Crippen LogP contribution in [0.1, 0.15) is 44.6 Å². The summed E-state index contributed by atoms with van der Waals surface area (Å²) in [6.07, 6.45) is 6.64. The van der Waals surface area contributed by atoms with Crippen molar-refractivity contribution in [2.75, 3.05) is 11.1 Å². The number of nitrogen functional groups attached to an aromatic ring is 1. The summed E-state index contributed by atoms with van der Waals surface area (Å²) >= 11 is 3.60. The average Bonchev–Trinajstić information content (AvgIpc) is 2.36. The van der Waals surface area contributed by atoms with E-state index in [0.717, 1.165) is 21.6 Å². The monoisotopic (exact) mass is 310 g/mol. The van der Waals surface area contributed by atoms with Crippen molar-refractivity contribution in [1.82, 2.24) is 0 Å². The normalized spacial score (nSPS) is 23.9. The maximum atomic E-state index is 5.91. The fourth-order valence-electron chi connectivity index (χ4n) is 2.82. The molecule has 2 rings (SSSR count). The van der Waals surface area contributed by atoms with Crippen molar-refractivity contribution in [3.63, 3.8) is 0 Å². The molecule has 1 aliphatic rings. The molecule has 0 amide bonds. The lowest BCUT2D eigenvalue weighted by atomic mass is 9.84. The maximum Gasteiger partial charge on any atom is 0.0490 e. The third kappa shape index (κ3) is 3.19. The first-order valence-corrected chi connectivity index (χ1v) is 7.71. The Morgan fingerprint density at radius 3 is 2.89 bits per heavy atom. The van der Waals surface area contributed by atoms with Gasteiger partial charge in [-0.15, -0.1) is 0 Å². The second-order valence-electron chi connectivity index (χ2n) is 5.47. The van der Waals surface area contributed by atoms with Crippen molar-refractivity contribution in [2.45, 2.75) is 52.0 Å². The summed E-state index contributed by atoms with van der Waals surface area (Å²) in [6.45, 7) is 4.36. The molecule has 1 saturated carbocycles. The molecule has 0 aromatic heterocycles. The Labute approximate surface area is 118 Å². The number of anilines is 2. The number of benzene rings is 1. The molecule has 0 bridgehead atoms. The van der Waals surface area contributed by atoms with Crippen LogP contribution >= 0.6 is 15.9 Å². The van der Waals surface area contributed by atoms with Crippen LogP contribution in [-0.4, -0.2) is 6.04 Å². The minimum absolute atomic E-state index is 0.614. The Morgan fingerprint density at radius 2 is 2.17 bits per heavy atom. The molecule has 0 heterocycles. The van der Waals surface area contributed by atoms with Crippen molar-refractivity contribution in [3.8, 4) is 0 Å². The summed E-state index contributed by atoms with van der Waals surface area (Å²) in [5, 5.41) is 3.68. The summed E-state index contributed by atoms with van der Waals surface area (Å²) in [5.41, 5.74) is 9.08. The first kappa shape index (κ1) is 13.7. The van der Waals surface area contributed by atoms with Gasteiger partial charge in [0.25, 0.3) is 0 Å². The first-order valence-electron chi connectivity index (χ1n) is 6.92. The molecular weight excluding hydrogens is 288 g/mol. The number of aryl methyl sites for hydroxylation is 1. The van der Waals surface area contributed by atoms with Crippen LogP contribution in [0.2, 0.25) is 0 Å². The summed E-state index contributed by atoms with van der Waals surface area (Å²) in [4.78, 5) is 0. The third-order valence-corrected chi connectivity index (χ3v) is 4.73. The average molecular weight is 311 g/mol. The predicted molar refractivity (Wildman–Crippen MR) is 83.0 cm³/mol. The summed E-state index contributed by atoms with van der Waals surface area (Å²) in [7, 11) is 0. The Hall–Kier alpha value is -0.700. The molecule has 0 radical (unpaired) electrons. The molecule has 1 fully saturated rings. The second-order valence-corrected chi connectivity index (χ2v) is 6.33. The number of nitrogens with two attached hydrogens (primary N) is 1. The molecule has 0 spiro atoms. The quantitative estimate of drug-likeness (QED) is 0.793. The Morgan fingerprint density at radius 1 is 1.39 bits per heavy atom. The van der Waals surface area contributed by atoms with Gasteiger partial charge in [0, 0.05) is 21.9 Å². The lowest BCUT2D eigenvalue weighted by Gasteiger charge is -2.30. The van der Waals surface area contributed by atoms with Crippen LogP contribution in [0.25, 0.3) is 0 Å². The van der Waals surface area contributed by atoms with Crippen molar-refractivity contribution in [2.24, 2.45) is 5.92 Å². The number of nitrogens with one attached hydrogen (secondary N) is 1. The summed E-state index contributed by atoms with van der Waals surface area (Å²) in [5.74, 6) is 0.893. The molecule has 100 valence electrons. The van der Waals surface area contributed by atoms with E-state index >= 15 is 0 Å². The van der Waals surface area contributed by atoms with Gasteiger partial charge in [-0.3, -0.25) is 0 Å². The van der Waals surface area contributed by atoms with E-state index in [1.807, 2.05) is 6.07 Å². The highest BCUT2D eigenvalue weighted by Crippen LogP contribution is 2.32. The molecule has 3 N–H and O–H groups in total. The van der Waals surface area contributed by atoms with Gasteiger partial charge in [-0.2, -0.15) is 0 Å². The molecule has 2 nitrogen and oxygen atoms in total. The molecule has 3 heteroatoms. The Bertz CT molecular complexity index is 417. The van der Waals surface area contributed by atoms with Gasteiger partial charge >= 0.3 is 0 Å². The van der Waals surface area contributed by atoms with Crippen molar-refractivity contribution < 1.29 is 0 Å². The van der Waals surface area contributed by atoms with Gasteiger partial charge in [0.15, 0.2) is 0 Å². The maximum absolute atomic E-state index is 5.91. The van der Waals surface area contributed by atoms with Crippen LogP contribution in [0, 0.1) is 12.8 Å². The van der Waals surface area contributed by atoms with E-state index in [1.165, 1.54) is 37.8 Å². The highest BCUT2D eigenvalue weighted by molar-refractivity contribution is 9.10. The molecule has 1 aromatic rings. The third-order valence-electron chi connectivity index (χ3n) is 4.08. The molecule has 1 aliphatic carbocycles. The zero-order chi connectivity index (χ0) is 13.1. The number of hydrogen-bond donors (Lipinski definition) is 2. The van der Waals surface area contributed by atoms with E-state index in [0.29, 0.717) is 6.04 Å². The minimum atomic E-state index is 0.614. The molecule has 0 aliphatic heterocycles. The minimum Gasteiger partial charge on any atom is -0.398 e. The van der Waals surface area contributed by atoms with Gasteiger partial charge in [0.05, 0.1) is 0 Å². The van der Waals surface area contributed by atoms with Gasteiger partial charge in [0.1, 0.15) is 0 Å². The van der Waals surface area contributed by atoms with E-state index in [9.17, 15) is 0 Å². The second kappa shape index (κ2) is 5.96. The van der Waals surface area contributed by atoms with Crippen molar-refractivity contribution in [3.05, 3.63) is 22.2 Å². The smallest absolute Gasteiger partial charge is 0.0490 e. The zero-order valence-electron chi connectivity index (χ0n) is 11.3. The zero-order valence-corrected chi connectivity index (χ0v) is 12.9. The van der Waals surface area contributed by atoms with Crippen LogP contribution in [0.15, 0.2) is 16.6 Å². The highest BCUT2D eigenvalue weighted by Gasteiger charge is 2.21. The predicted octanol–water partition coefficient (Wildman–Crippen LogP) is 4.72. The lowest BCUT2D eigenvalue weighted by molar-refractivity contribution is 0.327. The van der Waals surface area contributed by atoms with Gasteiger partial charge in [-0.25, -0.2) is 0 Å². The molecule has 18 heavy (non-hydrogen) atoms. The first-order chi connectivity index (χ1) is 8.60. The largest absolute Gasteiger partial charge is 0.398 e. The van der Waals surface area contributed by atoms with Crippen LogP contribution in [0.4, 0.5) is 11.4 Å². The fraction of sp³-hybridized carbons (Fsp3) is 0.600. The number of rotatable bonds is 3. The van der Waals surface area contributed by atoms with Crippen molar-refractivity contribution >= 4 is 27.3 Å².